The van der Waals surface area contributed by atoms with Crippen molar-refractivity contribution in [2.45, 2.75) is 103 Å². The third-order valence-corrected chi connectivity index (χ3v) is 6.26. The van der Waals surface area contributed by atoms with Gasteiger partial charge in [-0.05, 0) is 43.4 Å². The number of carbonyl (C=O) groups is 1. The Bertz CT molecular complexity index is 355. The van der Waals surface area contributed by atoms with E-state index in [1.165, 1.54) is 70.6 Å². The Balaban J connectivity index is 1.59. The van der Waals surface area contributed by atoms with Gasteiger partial charge in [0.15, 0.2) is 0 Å². The van der Waals surface area contributed by atoms with Crippen molar-refractivity contribution >= 4 is 5.97 Å². The fourth-order valence-corrected chi connectivity index (χ4v) is 4.92. The molecule has 0 unspecified atom stereocenters. The van der Waals surface area contributed by atoms with E-state index in [1.54, 1.807) is 0 Å². The highest BCUT2D eigenvalue weighted by Crippen LogP contribution is 2.49. The lowest BCUT2D eigenvalue weighted by Crippen LogP contribution is -2.29. The molecular formula is C21H38O3. The Labute approximate surface area is 148 Å². The summed E-state index contributed by atoms with van der Waals surface area (Å²) in [6.45, 7) is 3.28. The molecule has 0 aromatic carbocycles. The number of hydrogen-bond donors (Lipinski definition) is 1. The Kier molecular flexibility index (Phi) is 9.15. The molecule has 0 amide bonds. The van der Waals surface area contributed by atoms with Gasteiger partial charge in [-0.25, -0.2) is 0 Å². The first-order chi connectivity index (χ1) is 11.7. The molecule has 2 rings (SSSR count). The van der Waals surface area contributed by atoms with Crippen molar-refractivity contribution < 1.29 is 14.6 Å². The second-order valence-electron chi connectivity index (χ2n) is 8.10. The highest BCUT2D eigenvalue weighted by Gasteiger charge is 2.47. The second-order valence-corrected chi connectivity index (χ2v) is 8.10. The Morgan fingerprint density at radius 1 is 0.917 bits per heavy atom. The normalized spacial score (nSPS) is 28.5. The molecule has 1 saturated heterocycles. The predicted octanol–water partition coefficient (Wildman–Crippen LogP) is 5.81. The summed E-state index contributed by atoms with van der Waals surface area (Å²) < 4.78 is 6.00. The minimum atomic E-state index is -0.653. The van der Waals surface area contributed by atoms with Gasteiger partial charge in [-0.2, -0.15) is 0 Å². The molecular weight excluding hydrogens is 300 g/mol. The van der Waals surface area contributed by atoms with Crippen LogP contribution in [0.5, 0.6) is 0 Å². The van der Waals surface area contributed by atoms with Crippen LogP contribution in [-0.2, 0) is 9.53 Å². The maximum Gasteiger partial charge on any atom is 0.303 e. The Morgan fingerprint density at radius 2 is 1.54 bits per heavy atom. The van der Waals surface area contributed by atoms with Crippen LogP contribution in [0, 0.1) is 17.8 Å². The van der Waals surface area contributed by atoms with Crippen LogP contribution in [0.1, 0.15) is 96.8 Å². The lowest BCUT2D eigenvalue weighted by Gasteiger charge is -2.31. The molecule has 4 atom stereocenters. The molecule has 1 aliphatic heterocycles. The van der Waals surface area contributed by atoms with Gasteiger partial charge in [-0.3, -0.25) is 4.79 Å². The van der Waals surface area contributed by atoms with Crippen LogP contribution in [0.3, 0.4) is 0 Å². The maximum atomic E-state index is 10.5. The van der Waals surface area contributed by atoms with Crippen molar-refractivity contribution in [3.8, 4) is 0 Å². The SMILES string of the molecule is CCCCCCCC[C@@H]1[C@@H](CCCCCCC(=O)O)[C@@H]2CO[C@H]1C2. The molecule has 3 heteroatoms. The molecule has 1 heterocycles. The van der Waals surface area contributed by atoms with E-state index in [0.717, 1.165) is 37.2 Å². The minimum absolute atomic E-state index is 0.336. The molecule has 2 aliphatic rings. The van der Waals surface area contributed by atoms with Crippen molar-refractivity contribution in [2.24, 2.45) is 17.8 Å². The fraction of sp³-hybridized carbons (Fsp3) is 0.952. The number of fused-ring (bicyclic) bond motifs is 2. The van der Waals surface area contributed by atoms with Gasteiger partial charge in [-0.1, -0.05) is 64.7 Å². The highest BCUT2D eigenvalue weighted by molar-refractivity contribution is 5.66. The monoisotopic (exact) mass is 338 g/mol. The Hall–Kier alpha value is -0.570. The van der Waals surface area contributed by atoms with E-state index >= 15 is 0 Å². The zero-order chi connectivity index (χ0) is 17.2. The van der Waals surface area contributed by atoms with Gasteiger partial charge in [0.2, 0.25) is 0 Å². The molecule has 2 bridgehead atoms. The lowest BCUT2D eigenvalue weighted by atomic mass is 9.81. The van der Waals surface area contributed by atoms with E-state index in [2.05, 4.69) is 6.92 Å². The molecule has 1 saturated carbocycles. The van der Waals surface area contributed by atoms with Crippen LogP contribution in [0.25, 0.3) is 0 Å². The molecule has 0 aromatic rings. The van der Waals surface area contributed by atoms with Crippen LogP contribution >= 0.6 is 0 Å². The molecule has 140 valence electrons. The third kappa shape index (κ3) is 6.38. The third-order valence-electron chi connectivity index (χ3n) is 6.26. The van der Waals surface area contributed by atoms with Crippen molar-refractivity contribution in [2.75, 3.05) is 6.61 Å². The molecule has 0 spiro atoms. The van der Waals surface area contributed by atoms with Crippen LogP contribution < -0.4 is 0 Å². The van der Waals surface area contributed by atoms with Gasteiger partial charge in [0.1, 0.15) is 0 Å². The number of rotatable bonds is 14. The van der Waals surface area contributed by atoms with Crippen molar-refractivity contribution in [3.63, 3.8) is 0 Å². The summed E-state index contributed by atoms with van der Waals surface area (Å²) >= 11 is 0. The summed E-state index contributed by atoms with van der Waals surface area (Å²) in [4.78, 5) is 10.5. The highest BCUT2D eigenvalue weighted by atomic mass is 16.5. The van der Waals surface area contributed by atoms with Gasteiger partial charge in [-0.15, -0.1) is 0 Å². The van der Waals surface area contributed by atoms with Gasteiger partial charge in [0, 0.05) is 6.42 Å². The van der Waals surface area contributed by atoms with E-state index in [1.807, 2.05) is 0 Å². The van der Waals surface area contributed by atoms with Crippen LogP contribution in [-0.4, -0.2) is 23.8 Å². The molecule has 0 aromatic heterocycles. The molecule has 1 aliphatic carbocycles. The number of carboxylic acids is 1. The second kappa shape index (κ2) is 11.1. The fourth-order valence-electron chi connectivity index (χ4n) is 4.92. The van der Waals surface area contributed by atoms with Gasteiger partial charge in [0.25, 0.3) is 0 Å². The van der Waals surface area contributed by atoms with E-state index in [-0.39, 0.29) is 0 Å². The smallest absolute Gasteiger partial charge is 0.303 e. The van der Waals surface area contributed by atoms with Crippen LogP contribution in [0.4, 0.5) is 0 Å². The van der Waals surface area contributed by atoms with Gasteiger partial charge in [0.05, 0.1) is 12.7 Å². The first kappa shape index (κ1) is 19.8. The van der Waals surface area contributed by atoms with E-state index < -0.39 is 5.97 Å². The number of unbranched alkanes of at least 4 members (excludes halogenated alkanes) is 8. The first-order valence-electron chi connectivity index (χ1n) is 10.6. The summed E-state index contributed by atoms with van der Waals surface area (Å²) in [7, 11) is 0. The van der Waals surface area contributed by atoms with Crippen molar-refractivity contribution in [1.82, 2.24) is 0 Å². The predicted molar refractivity (Wildman–Crippen MR) is 98.2 cm³/mol. The Morgan fingerprint density at radius 3 is 2.25 bits per heavy atom. The van der Waals surface area contributed by atoms with Crippen molar-refractivity contribution in [1.29, 1.82) is 0 Å². The quantitative estimate of drug-likeness (QED) is 0.406. The number of carboxylic acid groups (broad SMARTS) is 1. The van der Waals surface area contributed by atoms with Gasteiger partial charge >= 0.3 is 5.97 Å². The first-order valence-corrected chi connectivity index (χ1v) is 10.6. The average Bonchev–Trinajstić information content (AvgIpc) is 3.15. The summed E-state index contributed by atoms with van der Waals surface area (Å²) in [5.41, 5.74) is 0. The van der Waals surface area contributed by atoms with Crippen LogP contribution in [0.15, 0.2) is 0 Å². The molecule has 0 radical (unpaired) electrons. The summed E-state index contributed by atoms with van der Waals surface area (Å²) in [5, 5.41) is 8.69. The standard InChI is InChI=1S/C21H38O3/c1-2-3-4-5-6-10-13-19-18(17-15-20(19)24-16-17)12-9-7-8-11-14-21(22)23/h17-20H,2-16H2,1H3,(H,22,23)/t17-,18-,19+,20-/m0/s1. The number of aliphatic carboxylic acids is 1. The molecule has 3 nitrogen and oxygen atoms in total. The topological polar surface area (TPSA) is 46.5 Å². The number of ether oxygens (including phenoxy) is 1. The van der Waals surface area contributed by atoms with Crippen LogP contribution in [0.2, 0.25) is 0 Å². The summed E-state index contributed by atoms with van der Waals surface area (Å²) in [6, 6.07) is 0. The van der Waals surface area contributed by atoms with E-state index in [0.29, 0.717) is 12.5 Å². The van der Waals surface area contributed by atoms with Crippen molar-refractivity contribution in [3.05, 3.63) is 0 Å². The molecule has 2 fully saturated rings. The summed E-state index contributed by atoms with van der Waals surface area (Å²) in [5.74, 6) is 1.87. The van der Waals surface area contributed by atoms with E-state index in [9.17, 15) is 4.79 Å². The zero-order valence-electron chi connectivity index (χ0n) is 15.7. The minimum Gasteiger partial charge on any atom is -0.481 e. The molecule has 24 heavy (non-hydrogen) atoms. The summed E-state index contributed by atoms with van der Waals surface area (Å²) in [6.07, 6.45) is 17.6. The van der Waals surface area contributed by atoms with Gasteiger partial charge < -0.3 is 9.84 Å². The lowest BCUT2D eigenvalue weighted by molar-refractivity contribution is -0.137. The average molecular weight is 339 g/mol. The largest absolute Gasteiger partial charge is 0.481 e. The molecule has 1 N–H and O–H groups in total. The number of hydrogen-bond acceptors (Lipinski definition) is 2. The zero-order valence-corrected chi connectivity index (χ0v) is 15.7. The maximum absolute atomic E-state index is 10.5. The van der Waals surface area contributed by atoms with E-state index in [4.69, 9.17) is 9.84 Å².